The van der Waals surface area contributed by atoms with Crippen molar-refractivity contribution < 1.29 is 13.5 Å². The second-order valence-corrected chi connectivity index (χ2v) is 7.17. The number of hydrogen-bond acceptors (Lipinski definition) is 7. The number of sulfonamides is 1. The van der Waals surface area contributed by atoms with E-state index in [9.17, 15) is 8.42 Å². The fourth-order valence-electron chi connectivity index (χ4n) is 2.79. The summed E-state index contributed by atoms with van der Waals surface area (Å²) in [7, 11) is -3.56. The third-order valence-corrected chi connectivity index (χ3v) is 5.18. The number of primary sulfonamides is 1. The van der Waals surface area contributed by atoms with E-state index < -0.39 is 15.3 Å². The predicted octanol–water partition coefficient (Wildman–Crippen LogP) is -0.924. The zero-order valence-corrected chi connectivity index (χ0v) is 12.8. The molecule has 2 aromatic heterocycles. The molecule has 1 saturated heterocycles. The Labute approximate surface area is 127 Å². The van der Waals surface area contributed by atoms with Crippen LogP contribution in [0.5, 0.6) is 0 Å². The molecule has 0 aromatic carbocycles. The van der Waals surface area contributed by atoms with Gasteiger partial charge in [-0.1, -0.05) is 0 Å². The Balaban J connectivity index is 1.96. The van der Waals surface area contributed by atoms with Gasteiger partial charge in [-0.2, -0.15) is 5.10 Å². The van der Waals surface area contributed by atoms with Gasteiger partial charge in [0.05, 0.1) is 30.0 Å². The minimum absolute atomic E-state index is 0.0344. The molecule has 9 nitrogen and oxygen atoms in total. The fourth-order valence-corrected chi connectivity index (χ4v) is 3.67. The summed E-state index contributed by atoms with van der Waals surface area (Å²) in [5.74, 6) is 0.655. The van der Waals surface area contributed by atoms with Crippen molar-refractivity contribution in [3.63, 3.8) is 0 Å². The highest BCUT2D eigenvalue weighted by Gasteiger charge is 2.29. The summed E-state index contributed by atoms with van der Waals surface area (Å²) in [5.41, 5.74) is 0.622. The lowest BCUT2D eigenvalue weighted by molar-refractivity contribution is 0.271. The molecule has 0 aliphatic carbocycles. The quantitative estimate of drug-likeness (QED) is 0.743. The first-order valence-electron chi connectivity index (χ1n) is 7.04. The molecule has 0 unspecified atom stereocenters. The topological polar surface area (TPSA) is 127 Å². The molecule has 0 radical (unpaired) electrons. The number of aromatic nitrogens is 4. The molecule has 3 rings (SSSR count). The Morgan fingerprint density at radius 1 is 1.41 bits per heavy atom. The normalized spacial score (nSPS) is 19.7. The molecule has 3 heterocycles. The van der Waals surface area contributed by atoms with Crippen LogP contribution in [-0.2, 0) is 16.6 Å². The van der Waals surface area contributed by atoms with Crippen LogP contribution in [-0.4, -0.2) is 58.2 Å². The third kappa shape index (κ3) is 2.76. The number of aliphatic hydroxyl groups is 1. The van der Waals surface area contributed by atoms with Crippen molar-refractivity contribution in [2.75, 3.05) is 24.6 Å². The Bertz CT molecular complexity index is 774. The summed E-state index contributed by atoms with van der Waals surface area (Å²) in [6.07, 6.45) is 4.36. The summed E-state index contributed by atoms with van der Waals surface area (Å²) in [6, 6.07) is 0. The monoisotopic (exact) mass is 326 g/mol. The van der Waals surface area contributed by atoms with Crippen LogP contribution in [0.4, 0.5) is 5.82 Å². The Morgan fingerprint density at radius 3 is 2.95 bits per heavy atom. The van der Waals surface area contributed by atoms with Crippen LogP contribution in [0, 0.1) is 0 Å². The number of fused-ring (bicyclic) bond motifs is 1. The van der Waals surface area contributed by atoms with Crippen molar-refractivity contribution >= 4 is 26.9 Å². The molecule has 1 fully saturated rings. The van der Waals surface area contributed by atoms with E-state index in [1.54, 1.807) is 10.9 Å². The van der Waals surface area contributed by atoms with Gasteiger partial charge < -0.3 is 10.0 Å². The number of rotatable bonds is 4. The summed E-state index contributed by atoms with van der Waals surface area (Å²) in [4.78, 5) is 10.4. The highest BCUT2D eigenvalue weighted by Crippen LogP contribution is 2.26. The highest BCUT2D eigenvalue weighted by atomic mass is 32.2. The smallest absolute Gasteiger partial charge is 0.213 e. The van der Waals surface area contributed by atoms with Gasteiger partial charge in [-0.15, -0.1) is 0 Å². The molecule has 3 N–H and O–H groups in total. The lowest BCUT2D eigenvalue weighted by atomic mass is 10.1. The van der Waals surface area contributed by atoms with E-state index >= 15 is 0 Å². The maximum Gasteiger partial charge on any atom is 0.213 e. The van der Waals surface area contributed by atoms with E-state index in [1.165, 1.54) is 6.33 Å². The molecule has 2 aromatic rings. The minimum Gasteiger partial charge on any atom is -0.394 e. The molecule has 0 amide bonds. The fraction of sp³-hybridized carbons (Fsp3) is 0.583. The van der Waals surface area contributed by atoms with Crippen molar-refractivity contribution in [2.24, 2.45) is 5.14 Å². The van der Waals surface area contributed by atoms with Crippen LogP contribution in [0.2, 0.25) is 0 Å². The zero-order valence-electron chi connectivity index (χ0n) is 12.0. The molecule has 1 aliphatic rings. The first-order chi connectivity index (χ1) is 10.5. The maximum absolute atomic E-state index is 11.6. The van der Waals surface area contributed by atoms with Crippen molar-refractivity contribution in [3.8, 4) is 0 Å². The van der Waals surface area contributed by atoms with E-state index in [2.05, 4.69) is 15.1 Å². The molecule has 10 heteroatoms. The van der Waals surface area contributed by atoms with Crippen LogP contribution < -0.4 is 10.0 Å². The summed E-state index contributed by atoms with van der Waals surface area (Å²) < 4.78 is 24.8. The van der Waals surface area contributed by atoms with Crippen LogP contribution in [0.25, 0.3) is 11.0 Å². The molecule has 0 bridgehead atoms. The van der Waals surface area contributed by atoms with Crippen LogP contribution in [0.15, 0.2) is 12.5 Å². The van der Waals surface area contributed by atoms with E-state index in [-0.39, 0.29) is 6.61 Å². The zero-order chi connectivity index (χ0) is 15.7. The third-order valence-electron chi connectivity index (χ3n) is 3.87. The van der Waals surface area contributed by atoms with E-state index in [4.69, 9.17) is 10.2 Å². The Morgan fingerprint density at radius 2 is 2.23 bits per heavy atom. The molecule has 1 atom stereocenters. The van der Waals surface area contributed by atoms with Gasteiger partial charge in [-0.05, 0) is 12.8 Å². The Kier molecular flexibility index (Phi) is 3.98. The minimum atomic E-state index is -3.56. The molecule has 0 saturated carbocycles. The molecule has 120 valence electrons. The average Bonchev–Trinajstić information content (AvgIpc) is 2.90. The molecular weight excluding hydrogens is 308 g/mol. The van der Waals surface area contributed by atoms with Crippen molar-refractivity contribution in [3.05, 3.63) is 12.5 Å². The summed E-state index contributed by atoms with van der Waals surface area (Å²) in [5, 5.41) is 18.7. The van der Waals surface area contributed by atoms with Gasteiger partial charge in [0, 0.05) is 13.1 Å². The predicted molar refractivity (Wildman–Crippen MR) is 80.8 cm³/mol. The van der Waals surface area contributed by atoms with Gasteiger partial charge in [-0.25, -0.2) is 28.2 Å². The van der Waals surface area contributed by atoms with Crippen LogP contribution in [0.1, 0.15) is 12.8 Å². The number of hydrogen-bond donors (Lipinski definition) is 2. The molecule has 0 spiro atoms. The molecular formula is C12H18N6O3S. The van der Waals surface area contributed by atoms with Gasteiger partial charge in [-0.3, -0.25) is 0 Å². The van der Waals surface area contributed by atoms with Crippen LogP contribution in [0.3, 0.4) is 0 Å². The lowest BCUT2D eigenvalue weighted by Crippen LogP contribution is -2.45. The van der Waals surface area contributed by atoms with Crippen molar-refractivity contribution in [1.29, 1.82) is 0 Å². The van der Waals surface area contributed by atoms with Crippen LogP contribution >= 0.6 is 0 Å². The van der Waals surface area contributed by atoms with Crippen molar-refractivity contribution in [2.45, 2.75) is 24.6 Å². The maximum atomic E-state index is 11.6. The lowest BCUT2D eigenvalue weighted by Gasteiger charge is -2.32. The second-order valence-electron chi connectivity index (χ2n) is 5.33. The summed E-state index contributed by atoms with van der Waals surface area (Å²) in [6.45, 7) is 1.34. The molecule has 22 heavy (non-hydrogen) atoms. The number of piperidine rings is 1. The van der Waals surface area contributed by atoms with Gasteiger partial charge in [0.1, 0.15) is 12.1 Å². The van der Waals surface area contributed by atoms with Gasteiger partial charge in [0.15, 0.2) is 5.65 Å². The van der Waals surface area contributed by atoms with E-state index in [0.717, 1.165) is 11.8 Å². The number of anilines is 1. The SMILES string of the molecule is NS(=O)(=O)[C@@H]1CCCN(c2ncnc3c2cnn3CCO)C1. The Hall–Kier alpha value is -1.78. The highest BCUT2D eigenvalue weighted by molar-refractivity contribution is 7.89. The van der Waals surface area contributed by atoms with Gasteiger partial charge in [0.2, 0.25) is 10.0 Å². The van der Waals surface area contributed by atoms with E-state index in [0.29, 0.717) is 37.5 Å². The summed E-state index contributed by atoms with van der Waals surface area (Å²) >= 11 is 0. The standard InChI is InChI=1S/C12H18N6O3S/c13-22(20,21)9-2-1-3-17(7-9)11-10-6-16-18(4-5-19)12(10)15-8-14-11/h6,8-9,19H,1-5,7H2,(H2,13,20,21)/t9-/m1/s1. The first kappa shape index (κ1) is 15.1. The first-order valence-corrected chi connectivity index (χ1v) is 8.65. The number of aliphatic hydroxyl groups excluding tert-OH is 1. The van der Waals surface area contributed by atoms with Gasteiger partial charge >= 0.3 is 0 Å². The number of nitrogens with zero attached hydrogens (tertiary/aromatic N) is 5. The second kappa shape index (κ2) is 5.78. The average molecular weight is 326 g/mol. The molecule has 1 aliphatic heterocycles. The largest absolute Gasteiger partial charge is 0.394 e. The van der Waals surface area contributed by atoms with Crippen molar-refractivity contribution in [1.82, 2.24) is 19.7 Å². The van der Waals surface area contributed by atoms with Gasteiger partial charge in [0.25, 0.3) is 0 Å². The van der Waals surface area contributed by atoms with E-state index in [1.807, 2.05) is 4.90 Å². The number of nitrogens with two attached hydrogens (primary N) is 1.